The molecule has 2 aromatic rings. The van der Waals surface area contributed by atoms with Crippen LogP contribution in [0.3, 0.4) is 0 Å². The molecule has 2 amide bonds. The highest BCUT2D eigenvalue weighted by molar-refractivity contribution is 7.89. The van der Waals surface area contributed by atoms with Crippen LogP contribution in [0, 0.1) is 0 Å². The highest BCUT2D eigenvalue weighted by Crippen LogP contribution is 2.53. The van der Waals surface area contributed by atoms with Gasteiger partial charge in [0.05, 0.1) is 29.4 Å². The zero-order valence-corrected chi connectivity index (χ0v) is 24.2. The highest BCUT2D eigenvalue weighted by Gasteiger charge is 2.67. The molecule has 2 saturated heterocycles. The molecule has 5 rings (SSSR count). The van der Waals surface area contributed by atoms with E-state index in [9.17, 15) is 27.9 Å². The first kappa shape index (κ1) is 28.9. The Morgan fingerprint density at radius 1 is 0.976 bits per heavy atom. The second-order valence-electron chi connectivity index (χ2n) is 10.5. The first-order valence-corrected chi connectivity index (χ1v) is 15.0. The van der Waals surface area contributed by atoms with Gasteiger partial charge in [-0.15, -0.1) is 0 Å². The van der Waals surface area contributed by atoms with Gasteiger partial charge in [-0.1, -0.05) is 25.1 Å². The Bertz CT molecular complexity index is 1510. The van der Waals surface area contributed by atoms with Crippen molar-refractivity contribution in [1.29, 1.82) is 0 Å². The van der Waals surface area contributed by atoms with Crippen LogP contribution in [-0.2, 0) is 34.7 Å². The number of nitrogens with zero attached hydrogens (tertiary/aromatic N) is 4. The molecule has 2 fully saturated rings. The van der Waals surface area contributed by atoms with Gasteiger partial charge < -0.3 is 19.6 Å². The number of amides is 2. The minimum absolute atomic E-state index is 0.00358. The Morgan fingerprint density at radius 2 is 1.63 bits per heavy atom. The number of sulfonamides is 1. The van der Waals surface area contributed by atoms with Crippen LogP contribution < -0.4 is 4.90 Å². The van der Waals surface area contributed by atoms with Crippen molar-refractivity contribution in [2.24, 2.45) is 0 Å². The van der Waals surface area contributed by atoms with Gasteiger partial charge in [-0.3, -0.25) is 19.3 Å². The third-order valence-corrected chi connectivity index (χ3v) is 9.74. The average molecular weight is 583 g/mol. The molecule has 0 radical (unpaired) electrons. The maximum Gasteiger partial charge on any atom is 0.296 e. The molecule has 1 atom stereocenters. The van der Waals surface area contributed by atoms with Crippen molar-refractivity contribution in [3.05, 3.63) is 65.2 Å². The normalized spacial score (nSPS) is 22.8. The zero-order valence-electron chi connectivity index (χ0n) is 23.4. The third kappa shape index (κ3) is 4.55. The monoisotopic (exact) mass is 582 g/mol. The molecule has 3 aliphatic rings. The largest absolute Gasteiger partial charge is 0.507 e. The van der Waals surface area contributed by atoms with Crippen LogP contribution >= 0.6 is 0 Å². The molecule has 11 nitrogen and oxygen atoms in total. The molecule has 12 heteroatoms. The molecule has 3 aliphatic heterocycles. The Labute approximate surface area is 239 Å². The number of anilines is 1. The Hall–Kier alpha value is -3.58. The van der Waals surface area contributed by atoms with Crippen LogP contribution in [0.15, 0.2) is 59.0 Å². The number of morpholine rings is 1. The maximum atomic E-state index is 14.5. The Morgan fingerprint density at radius 3 is 2.27 bits per heavy atom. The molecule has 41 heavy (non-hydrogen) atoms. The summed E-state index contributed by atoms with van der Waals surface area (Å²) in [5, 5.41) is 11.7. The van der Waals surface area contributed by atoms with E-state index in [2.05, 4.69) is 4.90 Å². The van der Waals surface area contributed by atoms with Gasteiger partial charge in [-0.05, 0) is 36.8 Å². The van der Waals surface area contributed by atoms with Crippen molar-refractivity contribution >= 4 is 39.1 Å². The van der Waals surface area contributed by atoms with Crippen LogP contribution in [0.2, 0.25) is 0 Å². The number of aliphatic hydroxyl groups is 1. The van der Waals surface area contributed by atoms with Gasteiger partial charge in [-0.25, -0.2) is 12.7 Å². The van der Waals surface area contributed by atoms with Crippen molar-refractivity contribution in [3.8, 4) is 0 Å². The minimum atomic E-state index is -3.74. The first-order chi connectivity index (χ1) is 19.6. The van der Waals surface area contributed by atoms with E-state index in [-0.39, 0.29) is 22.6 Å². The number of hydrogen-bond donors (Lipinski definition) is 1. The topological polar surface area (TPSA) is 128 Å². The number of carbonyl (C=O) groups is 3. The first-order valence-electron chi connectivity index (χ1n) is 13.6. The lowest BCUT2D eigenvalue weighted by Crippen LogP contribution is -2.54. The predicted molar refractivity (Wildman–Crippen MR) is 152 cm³/mol. The van der Waals surface area contributed by atoms with Crippen LogP contribution in [0.1, 0.15) is 24.5 Å². The summed E-state index contributed by atoms with van der Waals surface area (Å²) in [6, 6.07) is 12.4. The van der Waals surface area contributed by atoms with Crippen molar-refractivity contribution in [2.45, 2.75) is 23.8 Å². The average Bonchev–Trinajstić information content (AvgIpc) is 3.35. The van der Waals surface area contributed by atoms with Gasteiger partial charge in [0.15, 0.2) is 5.54 Å². The summed E-state index contributed by atoms with van der Waals surface area (Å²) in [5.41, 5.74) is -1.02. The number of carbonyl (C=O) groups excluding carboxylic acids is 3. The number of likely N-dealkylation sites (tertiary alicyclic amines) is 1. The van der Waals surface area contributed by atoms with Gasteiger partial charge in [0, 0.05) is 57.9 Å². The number of fused-ring (bicyclic) bond motifs is 2. The molecular weight excluding hydrogens is 548 g/mol. The molecule has 1 N–H and O–H groups in total. The van der Waals surface area contributed by atoms with Crippen molar-refractivity contribution in [3.63, 3.8) is 0 Å². The standard InChI is InChI=1S/C29H34N4O7S/c1-4-13-32-23-8-6-5-7-22(23)29(28(32)37)24(25(34)20-9-11-21(12-10-20)41(38,39)30(2)3)26(35)27(36)33(29)15-14-31-16-18-40-19-17-31/h5-12,34H,4,13-19H2,1-3H3/b25-24+. The van der Waals surface area contributed by atoms with Crippen molar-refractivity contribution < 1.29 is 32.6 Å². The number of rotatable bonds is 8. The molecule has 0 bridgehead atoms. The van der Waals surface area contributed by atoms with E-state index < -0.39 is 38.9 Å². The summed E-state index contributed by atoms with van der Waals surface area (Å²) >= 11 is 0. The van der Waals surface area contributed by atoms with Gasteiger partial charge in [0.1, 0.15) is 5.76 Å². The quantitative estimate of drug-likeness (QED) is 0.283. The maximum absolute atomic E-state index is 14.5. The minimum Gasteiger partial charge on any atom is -0.507 e. The second kappa shape index (κ2) is 11.0. The molecule has 2 aromatic carbocycles. The fourth-order valence-corrected chi connectivity index (χ4v) is 6.72. The predicted octanol–water partition coefficient (Wildman–Crippen LogP) is 1.60. The lowest BCUT2D eigenvalue weighted by Gasteiger charge is -2.36. The third-order valence-electron chi connectivity index (χ3n) is 7.91. The van der Waals surface area contributed by atoms with E-state index in [1.807, 2.05) is 6.92 Å². The summed E-state index contributed by atoms with van der Waals surface area (Å²) < 4.78 is 31.6. The fourth-order valence-electron chi connectivity index (χ4n) is 5.82. The van der Waals surface area contributed by atoms with E-state index in [1.165, 1.54) is 43.3 Å². The van der Waals surface area contributed by atoms with Gasteiger partial charge in [0.25, 0.3) is 17.6 Å². The van der Waals surface area contributed by atoms with E-state index in [1.54, 1.807) is 29.2 Å². The number of Topliss-reactive ketones (excluding diaryl/α,β-unsaturated/α-hetero) is 1. The van der Waals surface area contributed by atoms with E-state index >= 15 is 0 Å². The van der Waals surface area contributed by atoms with Crippen LogP contribution in [0.5, 0.6) is 0 Å². The van der Waals surface area contributed by atoms with E-state index in [0.717, 1.165) is 4.31 Å². The van der Waals surface area contributed by atoms with E-state index in [0.29, 0.717) is 57.1 Å². The Balaban J connectivity index is 1.68. The highest BCUT2D eigenvalue weighted by atomic mass is 32.2. The molecular formula is C29H34N4O7S. The van der Waals surface area contributed by atoms with Gasteiger partial charge in [0.2, 0.25) is 10.0 Å². The summed E-state index contributed by atoms with van der Waals surface area (Å²) in [7, 11) is -0.920. The number of ketones is 1. The second-order valence-corrected chi connectivity index (χ2v) is 12.6. The SMILES string of the molecule is CCCN1C(=O)C2(/C(=C(/O)c3ccc(S(=O)(=O)N(C)C)cc3)C(=O)C(=O)N2CCN2CCOCC2)c2ccccc21. The molecule has 218 valence electrons. The van der Waals surface area contributed by atoms with Crippen LogP contribution in [0.25, 0.3) is 5.76 Å². The summed E-state index contributed by atoms with van der Waals surface area (Å²) in [4.78, 5) is 46.9. The zero-order chi connectivity index (χ0) is 29.5. The van der Waals surface area contributed by atoms with E-state index in [4.69, 9.17) is 4.74 Å². The summed E-state index contributed by atoms with van der Waals surface area (Å²) in [5.74, 6) is -2.84. The molecule has 0 aromatic heterocycles. The molecule has 1 spiro atoms. The van der Waals surface area contributed by atoms with Crippen LogP contribution in [-0.4, -0.2) is 105 Å². The summed E-state index contributed by atoms with van der Waals surface area (Å²) in [6.07, 6.45) is 0.638. The lowest BCUT2D eigenvalue weighted by molar-refractivity contribution is -0.144. The van der Waals surface area contributed by atoms with Gasteiger partial charge in [-0.2, -0.15) is 0 Å². The number of aliphatic hydroxyl groups excluding tert-OH is 1. The van der Waals surface area contributed by atoms with Gasteiger partial charge >= 0.3 is 0 Å². The van der Waals surface area contributed by atoms with Crippen molar-refractivity contribution in [1.82, 2.24) is 14.1 Å². The number of benzene rings is 2. The molecule has 0 aliphatic carbocycles. The number of para-hydroxylation sites is 1. The molecule has 1 unspecified atom stereocenters. The fraction of sp³-hybridized carbons (Fsp3) is 0.414. The lowest BCUT2D eigenvalue weighted by atomic mass is 9.82. The molecule has 0 saturated carbocycles. The van der Waals surface area contributed by atoms with Crippen LogP contribution in [0.4, 0.5) is 5.69 Å². The smallest absolute Gasteiger partial charge is 0.296 e. The number of ether oxygens (including phenoxy) is 1. The number of hydrogen-bond acceptors (Lipinski definition) is 8. The van der Waals surface area contributed by atoms with Crippen molar-refractivity contribution in [2.75, 3.05) is 64.9 Å². The summed E-state index contributed by atoms with van der Waals surface area (Å²) in [6.45, 7) is 5.21. The Kier molecular flexibility index (Phi) is 7.77. The molecule has 3 heterocycles.